The van der Waals surface area contributed by atoms with Crippen molar-refractivity contribution in [3.05, 3.63) is 59.9 Å². The van der Waals surface area contributed by atoms with Gasteiger partial charge in [-0.25, -0.2) is 9.78 Å². The Balaban J connectivity index is 1.71. The van der Waals surface area contributed by atoms with Crippen LogP contribution in [0.1, 0.15) is 69.9 Å². The number of fused-ring (bicyclic) bond motifs is 1. The van der Waals surface area contributed by atoms with Gasteiger partial charge < -0.3 is 24.9 Å². The molecule has 2 aromatic heterocycles. The van der Waals surface area contributed by atoms with E-state index >= 15 is 0 Å². The summed E-state index contributed by atoms with van der Waals surface area (Å²) in [7, 11) is 0. The van der Waals surface area contributed by atoms with E-state index in [2.05, 4.69) is 10.3 Å². The molecule has 1 amide bonds. The fraction of sp³-hybridized carbons (Fsp3) is 0.407. The molecule has 0 saturated heterocycles. The van der Waals surface area contributed by atoms with Gasteiger partial charge in [0.15, 0.2) is 0 Å². The Morgan fingerprint density at radius 2 is 1.72 bits per heavy atom. The van der Waals surface area contributed by atoms with Crippen molar-refractivity contribution < 1.29 is 23.9 Å². The second-order valence-electron chi connectivity index (χ2n) is 10.5. The Morgan fingerprint density at radius 1 is 1.03 bits per heavy atom. The number of nitrogens with two attached hydrogens (primary N) is 1. The lowest BCUT2D eigenvalue weighted by atomic mass is 10.1. The molecular weight excluding hydrogens is 460 g/mol. The normalized spacial score (nSPS) is 12.8. The number of hydrogen-bond donors (Lipinski definition) is 2. The van der Waals surface area contributed by atoms with Crippen molar-refractivity contribution in [1.82, 2.24) is 14.7 Å². The summed E-state index contributed by atoms with van der Waals surface area (Å²) in [5, 5.41) is 2.74. The number of carbonyl (C=O) groups is 3. The fourth-order valence-electron chi connectivity index (χ4n) is 3.42. The van der Waals surface area contributed by atoms with Gasteiger partial charge in [-0.1, -0.05) is 12.1 Å². The van der Waals surface area contributed by atoms with E-state index in [1.165, 1.54) is 0 Å². The van der Waals surface area contributed by atoms with E-state index < -0.39 is 23.2 Å². The molecule has 1 aromatic carbocycles. The molecule has 0 fully saturated rings. The predicted molar refractivity (Wildman–Crippen MR) is 136 cm³/mol. The molecule has 36 heavy (non-hydrogen) atoms. The van der Waals surface area contributed by atoms with E-state index in [9.17, 15) is 14.4 Å². The minimum absolute atomic E-state index is 0.0862. The number of esters is 2. The summed E-state index contributed by atoms with van der Waals surface area (Å²) in [5.41, 5.74) is 7.96. The molecule has 1 unspecified atom stereocenters. The second kappa shape index (κ2) is 10.5. The van der Waals surface area contributed by atoms with Crippen LogP contribution in [0, 0.1) is 0 Å². The van der Waals surface area contributed by atoms with Crippen molar-refractivity contribution in [3.63, 3.8) is 0 Å². The number of hydrogen-bond acceptors (Lipinski definition) is 7. The summed E-state index contributed by atoms with van der Waals surface area (Å²) in [4.78, 5) is 41.5. The Labute approximate surface area is 211 Å². The van der Waals surface area contributed by atoms with E-state index in [0.717, 1.165) is 5.56 Å². The van der Waals surface area contributed by atoms with Gasteiger partial charge in [-0.2, -0.15) is 0 Å². The van der Waals surface area contributed by atoms with Gasteiger partial charge in [-0.3, -0.25) is 9.59 Å². The first kappa shape index (κ1) is 26.9. The van der Waals surface area contributed by atoms with Gasteiger partial charge in [-0.05, 0) is 71.4 Å². The molecule has 0 aliphatic heterocycles. The number of imidazole rings is 1. The van der Waals surface area contributed by atoms with Crippen molar-refractivity contribution in [2.45, 2.75) is 65.2 Å². The highest BCUT2D eigenvalue weighted by atomic mass is 16.6. The zero-order chi connectivity index (χ0) is 26.7. The Bertz CT molecular complexity index is 1270. The standard InChI is InChI=1S/C27H34N4O5/c1-26(2,3)35-22(32)10-12-29-24(33)19-9-7-8-17(14-19)20-16-31-13-11-18(15-21(31)30-20)23(28)25(34)36-27(4,5)6/h7-9,11,13-16,23H,10,12,28H2,1-6H3,(H,29,33). The number of ether oxygens (including phenoxy) is 2. The third-order valence-corrected chi connectivity index (χ3v) is 4.96. The fourth-order valence-corrected chi connectivity index (χ4v) is 3.42. The first-order valence-corrected chi connectivity index (χ1v) is 11.8. The van der Waals surface area contributed by atoms with Crippen molar-refractivity contribution in [3.8, 4) is 11.3 Å². The molecule has 0 radical (unpaired) electrons. The summed E-state index contributed by atoms with van der Waals surface area (Å²) in [6, 6.07) is 9.62. The summed E-state index contributed by atoms with van der Waals surface area (Å²) < 4.78 is 12.5. The van der Waals surface area contributed by atoms with Gasteiger partial charge in [0.1, 0.15) is 22.9 Å². The molecular formula is C27H34N4O5. The van der Waals surface area contributed by atoms with Crippen molar-refractivity contribution in [2.24, 2.45) is 5.73 Å². The summed E-state index contributed by atoms with van der Waals surface area (Å²) in [5.74, 6) is -1.18. The maximum Gasteiger partial charge on any atom is 0.328 e. The molecule has 192 valence electrons. The first-order chi connectivity index (χ1) is 16.7. The van der Waals surface area contributed by atoms with Crippen molar-refractivity contribution >= 4 is 23.5 Å². The zero-order valence-corrected chi connectivity index (χ0v) is 21.6. The number of benzene rings is 1. The van der Waals surface area contributed by atoms with Gasteiger partial charge >= 0.3 is 11.9 Å². The predicted octanol–water partition coefficient (Wildman–Crippen LogP) is 3.80. The minimum atomic E-state index is -0.929. The van der Waals surface area contributed by atoms with Crippen LogP contribution in [0.5, 0.6) is 0 Å². The second-order valence-corrected chi connectivity index (χ2v) is 10.5. The minimum Gasteiger partial charge on any atom is -0.460 e. The largest absolute Gasteiger partial charge is 0.460 e. The smallest absolute Gasteiger partial charge is 0.328 e. The van der Waals surface area contributed by atoms with Crippen molar-refractivity contribution in [1.29, 1.82) is 0 Å². The van der Waals surface area contributed by atoms with Crippen LogP contribution in [0.15, 0.2) is 48.8 Å². The highest BCUT2D eigenvalue weighted by Crippen LogP contribution is 2.23. The van der Waals surface area contributed by atoms with Gasteiger partial charge in [0.2, 0.25) is 0 Å². The number of carbonyl (C=O) groups excluding carboxylic acids is 3. The van der Waals surface area contributed by atoms with E-state index in [-0.39, 0.29) is 24.8 Å². The zero-order valence-electron chi connectivity index (χ0n) is 21.6. The third-order valence-electron chi connectivity index (χ3n) is 4.96. The quantitative estimate of drug-likeness (QED) is 0.479. The molecule has 9 nitrogen and oxygen atoms in total. The first-order valence-electron chi connectivity index (χ1n) is 11.8. The lowest BCUT2D eigenvalue weighted by molar-refractivity contribution is -0.157. The molecule has 3 N–H and O–H groups in total. The van der Waals surface area contributed by atoms with Crippen LogP contribution in [0.4, 0.5) is 0 Å². The number of amides is 1. The van der Waals surface area contributed by atoms with Crippen LogP contribution >= 0.6 is 0 Å². The SMILES string of the molecule is CC(C)(C)OC(=O)CCNC(=O)c1cccc(-c2cn3ccc(C(N)C(=O)OC(C)(C)C)cc3n2)c1. The third kappa shape index (κ3) is 7.39. The van der Waals surface area contributed by atoms with Gasteiger partial charge in [0.25, 0.3) is 5.91 Å². The van der Waals surface area contributed by atoms with Crippen LogP contribution in [0.2, 0.25) is 0 Å². The average Bonchev–Trinajstić information content (AvgIpc) is 3.19. The monoisotopic (exact) mass is 494 g/mol. The molecule has 3 aromatic rings. The summed E-state index contributed by atoms with van der Waals surface area (Å²) in [6.45, 7) is 10.9. The van der Waals surface area contributed by atoms with Crippen LogP contribution in [-0.4, -0.2) is 45.0 Å². The number of rotatable bonds is 7. The van der Waals surface area contributed by atoms with Gasteiger partial charge in [-0.15, -0.1) is 0 Å². The molecule has 9 heteroatoms. The molecule has 0 bridgehead atoms. The molecule has 2 heterocycles. The number of pyridine rings is 1. The number of nitrogens with zero attached hydrogens (tertiary/aromatic N) is 2. The Morgan fingerprint density at radius 3 is 2.39 bits per heavy atom. The molecule has 0 aliphatic carbocycles. The van der Waals surface area contributed by atoms with E-state index in [0.29, 0.717) is 22.5 Å². The maximum atomic E-state index is 12.6. The van der Waals surface area contributed by atoms with E-state index in [4.69, 9.17) is 15.2 Å². The van der Waals surface area contributed by atoms with E-state index in [1.807, 2.05) is 16.7 Å². The lowest BCUT2D eigenvalue weighted by Crippen LogP contribution is -2.31. The van der Waals surface area contributed by atoms with Crippen molar-refractivity contribution in [2.75, 3.05) is 6.54 Å². The highest BCUT2D eigenvalue weighted by Gasteiger charge is 2.24. The number of aromatic nitrogens is 2. The van der Waals surface area contributed by atoms with Crippen LogP contribution < -0.4 is 11.1 Å². The summed E-state index contributed by atoms with van der Waals surface area (Å²) >= 11 is 0. The highest BCUT2D eigenvalue weighted by molar-refractivity contribution is 5.95. The summed E-state index contributed by atoms with van der Waals surface area (Å²) in [6.07, 6.45) is 3.69. The molecule has 0 saturated carbocycles. The van der Waals surface area contributed by atoms with E-state index in [1.54, 1.807) is 78.1 Å². The number of nitrogens with one attached hydrogen (secondary N) is 1. The Hall–Kier alpha value is -3.72. The Kier molecular flexibility index (Phi) is 7.83. The van der Waals surface area contributed by atoms with Gasteiger partial charge in [0, 0.05) is 30.1 Å². The molecule has 0 spiro atoms. The molecule has 1 atom stereocenters. The van der Waals surface area contributed by atoms with Crippen LogP contribution in [0.3, 0.4) is 0 Å². The molecule has 0 aliphatic rings. The topological polar surface area (TPSA) is 125 Å². The van der Waals surface area contributed by atoms with Crippen LogP contribution in [-0.2, 0) is 19.1 Å². The maximum absolute atomic E-state index is 12.6. The lowest BCUT2D eigenvalue weighted by Gasteiger charge is -2.22. The van der Waals surface area contributed by atoms with Crippen LogP contribution in [0.25, 0.3) is 16.9 Å². The molecule has 3 rings (SSSR count). The average molecular weight is 495 g/mol. The van der Waals surface area contributed by atoms with Gasteiger partial charge in [0.05, 0.1) is 12.1 Å².